The second kappa shape index (κ2) is 8.25. The van der Waals surface area contributed by atoms with Gasteiger partial charge in [0.15, 0.2) is 0 Å². The molecule has 1 N–H and O–H groups in total. The zero-order chi connectivity index (χ0) is 18.5. The number of ether oxygens (including phenoxy) is 1. The standard InChI is InChI=1S/C20H21F2NO3/c21-16-11-13(12-17(22)15(16)7-1-2-10-20(24)25)18-8-4-9-19(23-18)26-14-5-3-6-14/h4,8-9,11-12,14H,1-3,5-7,10H2,(H,24,25). The molecule has 0 atom stereocenters. The first-order valence-corrected chi connectivity index (χ1v) is 8.87. The largest absolute Gasteiger partial charge is 0.481 e. The van der Waals surface area contributed by atoms with Gasteiger partial charge in [0.25, 0.3) is 0 Å². The molecular formula is C20H21F2NO3. The van der Waals surface area contributed by atoms with E-state index >= 15 is 0 Å². The average molecular weight is 361 g/mol. The van der Waals surface area contributed by atoms with E-state index in [1.54, 1.807) is 18.2 Å². The third kappa shape index (κ3) is 4.56. The van der Waals surface area contributed by atoms with Crippen molar-refractivity contribution in [2.24, 2.45) is 0 Å². The Morgan fingerprint density at radius 1 is 1.19 bits per heavy atom. The Labute approximate surface area is 150 Å². The summed E-state index contributed by atoms with van der Waals surface area (Å²) in [7, 11) is 0. The van der Waals surface area contributed by atoms with Crippen LogP contribution in [0.5, 0.6) is 5.88 Å². The van der Waals surface area contributed by atoms with Crippen LogP contribution in [0.15, 0.2) is 30.3 Å². The van der Waals surface area contributed by atoms with E-state index in [-0.39, 0.29) is 24.5 Å². The van der Waals surface area contributed by atoms with Crippen LogP contribution < -0.4 is 4.74 Å². The van der Waals surface area contributed by atoms with Gasteiger partial charge in [0.2, 0.25) is 5.88 Å². The second-order valence-corrected chi connectivity index (χ2v) is 6.55. The molecule has 4 nitrogen and oxygen atoms in total. The van der Waals surface area contributed by atoms with Crippen molar-refractivity contribution >= 4 is 5.97 Å². The Bertz CT molecular complexity index is 767. The highest BCUT2D eigenvalue weighted by molar-refractivity contribution is 5.66. The van der Waals surface area contributed by atoms with Gasteiger partial charge in [-0.15, -0.1) is 0 Å². The number of hydrogen-bond donors (Lipinski definition) is 1. The van der Waals surface area contributed by atoms with E-state index in [1.165, 1.54) is 12.1 Å². The van der Waals surface area contributed by atoms with Gasteiger partial charge in [-0.25, -0.2) is 13.8 Å². The van der Waals surface area contributed by atoms with Gasteiger partial charge in [-0.05, 0) is 56.7 Å². The van der Waals surface area contributed by atoms with Crippen molar-refractivity contribution in [2.45, 2.75) is 51.0 Å². The second-order valence-electron chi connectivity index (χ2n) is 6.55. The molecule has 0 spiro atoms. The van der Waals surface area contributed by atoms with Crippen molar-refractivity contribution in [1.82, 2.24) is 4.98 Å². The summed E-state index contributed by atoms with van der Waals surface area (Å²) in [4.78, 5) is 14.8. The van der Waals surface area contributed by atoms with E-state index in [4.69, 9.17) is 9.84 Å². The highest BCUT2D eigenvalue weighted by atomic mass is 19.1. The van der Waals surface area contributed by atoms with Crippen LogP contribution in [-0.4, -0.2) is 22.2 Å². The van der Waals surface area contributed by atoms with E-state index in [2.05, 4.69) is 4.98 Å². The molecule has 0 aliphatic heterocycles. The summed E-state index contributed by atoms with van der Waals surface area (Å²) in [6, 6.07) is 7.72. The van der Waals surface area contributed by atoms with Crippen molar-refractivity contribution in [1.29, 1.82) is 0 Å². The van der Waals surface area contributed by atoms with E-state index in [9.17, 15) is 13.6 Å². The summed E-state index contributed by atoms with van der Waals surface area (Å²) in [6.45, 7) is 0. The lowest BCUT2D eigenvalue weighted by molar-refractivity contribution is -0.137. The fourth-order valence-electron chi connectivity index (χ4n) is 2.87. The van der Waals surface area contributed by atoms with Crippen molar-refractivity contribution in [3.63, 3.8) is 0 Å². The fourth-order valence-corrected chi connectivity index (χ4v) is 2.87. The van der Waals surface area contributed by atoms with Crippen LogP contribution >= 0.6 is 0 Å². The molecule has 0 unspecified atom stereocenters. The molecule has 0 bridgehead atoms. The van der Waals surface area contributed by atoms with Crippen molar-refractivity contribution in [2.75, 3.05) is 0 Å². The van der Waals surface area contributed by atoms with Gasteiger partial charge < -0.3 is 9.84 Å². The zero-order valence-corrected chi connectivity index (χ0v) is 14.4. The van der Waals surface area contributed by atoms with Crippen LogP contribution in [0.3, 0.4) is 0 Å². The minimum Gasteiger partial charge on any atom is -0.481 e. The topological polar surface area (TPSA) is 59.4 Å². The summed E-state index contributed by atoms with van der Waals surface area (Å²) in [5.41, 5.74) is 0.798. The molecular weight excluding hydrogens is 340 g/mol. The number of carboxylic acids is 1. The maximum atomic E-state index is 14.3. The van der Waals surface area contributed by atoms with Gasteiger partial charge in [-0.3, -0.25) is 4.79 Å². The van der Waals surface area contributed by atoms with E-state index in [0.29, 0.717) is 30.0 Å². The summed E-state index contributed by atoms with van der Waals surface area (Å²) < 4.78 is 34.4. The highest BCUT2D eigenvalue weighted by Gasteiger charge is 2.20. The first kappa shape index (κ1) is 18.3. The van der Waals surface area contributed by atoms with Crippen LogP contribution in [0.25, 0.3) is 11.3 Å². The van der Waals surface area contributed by atoms with Gasteiger partial charge in [-0.2, -0.15) is 0 Å². The molecule has 2 aromatic rings. The molecule has 1 heterocycles. The summed E-state index contributed by atoms with van der Waals surface area (Å²) in [5.74, 6) is -1.72. The number of halogens is 2. The number of carboxylic acid groups (broad SMARTS) is 1. The number of carbonyl (C=O) groups is 1. The average Bonchev–Trinajstić information content (AvgIpc) is 2.56. The number of hydrogen-bond acceptors (Lipinski definition) is 3. The van der Waals surface area contributed by atoms with Crippen LogP contribution in [0.4, 0.5) is 8.78 Å². The Hall–Kier alpha value is -2.50. The Morgan fingerprint density at radius 3 is 2.54 bits per heavy atom. The number of nitrogens with zero attached hydrogens (tertiary/aromatic N) is 1. The number of unbranched alkanes of at least 4 members (excludes halogenated alkanes) is 1. The lowest BCUT2D eigenvalue weighted by Gasteiger charge is -2.25. The molecule has 1 aliphatic rings. The lowest BCUT2D eigenvalue weighted by atomic mass is 9.96. The predicted octanol–water partition coefficient (Wildman–Crippen LogP) is 4.76. The van der Waals surface area contributed by atoms with Gasteiger partial charge in [0.1, 0.15) is 17.7 Å². The Kier molecular flexibility index (Phi) is 5.81. The highest BCUT2D eigenvalue weighted by Crippen LogP contribution is 2.28. The first-order chi connectivity index (χ1) is 12.5. The number of rotatable bonds is 8. The van der Waals surface area contributed by atoms with Crippen molar-refractivity contribution in [3.8, 4) is 17.1 Å². The smallest absolute Gasteiger partial charge is 0.303 e. The molecule has 1 aromatic carbocycles. The molecule has 1 saturated carbocycles. The van der Waals surface area contributed by atoms with Gasteiger partial charge in [0.05, 0.1) is 5.69 Å². The van der Waals surface area contributed by atoms with E-state index < -0.39 is 17.6 Å². The third-order valence-electron chi connectivity index (χ3n) is 4.57. The molecule has 26 heavy (non-hydrogen) atoms. The Balaban J connectivity index is 1.72. The van der Waals surface area contributed by atoms with E-state index in [0.717, 1.165) is 19.3 Å². The maximum Gasteiger partial charge on any atom is 0.303 e. The van der Waals surface area contributed by atoms with E-state index in [1.807, 2.05) is 0 Å². The number of pyridine rings is 1. The molecule has 1 fully saturated rings. The van der Waals surface area contributed by atoms with Crippen molar-refractivity contribution < 1.29 is 23.4 Å². The summed E-state index contributed by atoms with van der Waals surface area (Å²) in [6.07, 6.45) is 4.31. The SMILES string of the molecule is O=C(O)CCCCc1c(F)cc(-c2cccc(OC3CCC3)n2)cc1F. The predicted molar refractivity (Wildman–Crippen MR) is 93.0 cm³/mol. The molecule has 3 rings (SSSR count). The molecule has 0 radical (unpaired) electrons. The number of aromatic nitrogens is 1. The molecule has 0 saturated heterocycles. The van der Waals surface area contributed by atoms with Crippen LogP contribution in [0.1, 0.15) is 44.1 Å². The van der Waals surface area contributed by atoms with Crippen LogP contribution in [0.2, 0.25) is 0 Å². The molecule has 6 heteroatoms. The molecule has 1 aromatic heterocycles. The molecule has 0 amide bonds. The quantitative estimate of drug-likeness (QED) is 0.689. The first-order valence-electron chi connectivity index (χ1n) is 8.87. The van der Waals surface area contributed by atoms with Crippen LogP contribution in [0, 0.1) is 11.6 Å². The van der Waals surface area contributed by atoms with Gasteiger partial charge >= 0.3 is 5.97 Å². The lowest BCUT2D eigenvalue weighted by Crippen LogP contribution is -2.24. The number of benzene rings is 1. The van der Waals surface area contributed by atoms with Gasteiger partial charge in [0, 0.05) is 23.6 Å². The zero-order valence-electron chi connectivity index (χ0n) is 14.4. The third-order valence-corrected chi connectivity index (χ3v) is 4.57. The Morgan fingerprint density at radius 2 is 1.92 bits per heavy atom. The summed E-state index contributed by atoms with van der Waals surface area (Å²) in [5, 5.41) is 8.61. The summed E-state index contributed by atoms with van der Waals surface area (Å²) >= 11 is 0. The molecule has 138 valence electrons. The monoisotopic (exact) mass is 361 g/mol. The fraction of sp³-hybridized carbons (Fsp3) is 0.400. The minimum atomic E-state index is -0.906. The maximum absolute atomic E-state index is 14.3. The van der Waals surface area contributed by atoms with Crippen molar-refractivity contribution in [3.05, 3.63) is 47.5 Å². The van der Waals surface area contributed by atoms with Crippen LogP contribution in [-0.2, 0) is 11.2 Å². The normalized spacial score (nSPS) is 14.1. The molecule has 1 aliphatic carbocycles. The number of aliphatic carboxylic acids is 1. The van der Waals surface area contributed by atoms with Gasteiger partial charge in [-0.1, -0.05) is 6.07 Å². The minimum absolute atomic E-state index is 0.000964.